The molecule has 0 aliphatic carbocycles. The first-order valence-electron chi connectivity index (χ1n) is 4.38. The molecule has 0 unspecified atom stereocenters. The third-order valence-corrected chi connectivity index (χ3v) is 1.76. The van der Waals surface area contributed by atoms with Crippen LogP contribution in [0.5, 0.6) is 0 Å². The molecule has 3 nitrogen and oxygen atoms in total. The van der Waals surface area contributed by atoms with E-state index in [1.54, 1.807) is 12.1 Å². The Morgan fingerprint density at radius 3 is 2.77 bits per heavy atom. The van der Waals surface area contributed by atoms with E-state index in [0.717, 1.165) is 18.7 Å². The van der Waals surface area contributed by atoms with Crippen molar-refractivity contribution in [3.8, 4) is 0 Å². The number of para-hydroxylation sites is 1. The largest absolute Gasteiger partial charge is 0.384 e. The molecule has 0 spiro atoms. The van der Waals surface area contributed by atoms with Crippen molar-refractivity contribution in [2.24, 2.45) is 5.73 Å². The molecule has 0 radical (unpaired) electrons. The first kappa shape index (κ1) is 9.58. The van der Waals surface area contributed by atoms with Gasteiger partial charge >= 0.3 is 0 Å². The van der Waals surface area contributed by atoms with Crippen molar-refractivity contribution < 1.29 is 4.79 Å². The molecule has 0 aromatic heterocycles. The lowest BCUT2D eigenvalue weighted by molar-refractivity contribution is 0.100. The number of anilines is 1. The number of primary amides is 1. The van der Waals surface area contributed by atoms with E-state index in [0.29, 0.717) is 5.56 Å². The van der Waals surface area contributed by atoms with E-state index in [-0.39, 0.29) is 5.91 Å². The lowest BCUT2D eigenvalue weighted by Crippen LogP contribution is -2.14. The van der Waals surface area contributed by atoms with Gasteiger partial charge in [0.2, 0.25) is 0 Å². The highest BCUT2D eigenvalue weighted by molar-refractivity contribution is 5.98. The van der Waals surface area contributed by atoms with Crippen LogP contribution in [-0.2, 0) is 0 Å². The van der Waals surface area contributed by atoms with Crippen molar-refractivity contribution in [3.63, 3.8) is 0 Å². The fourth-order valence-electron chi connectivity index (χ4n) is 1.11. The maximum Gasteiger partial charge on any atom is 0.250 e. The fourth-order valence-corrected chi connectivity index (χ4v) is 1.11. The summed E-state index contributed by atoms with van der Waals surface area (Å²) < 4.78 is 0. The molecule has 0 aliphatic rings. The minimum atomic E-state index is -0.390. The second-order valence-corrected chi connectivity index (χ2v) is 2.84. The van der Waals surface area contributed by atoms with Crippen LogP contribution in [0.4, 0.5) is 5.69 Å². The Morgan fingerprint density at radius 1 is 1.46 bits per heavy atom. The molecule has 0 heterocycles. The Hall–Kier alpha value is -1.51. The van der Waals surface area contributed by atoms with Crippen LogP contribution in [0.3, 0.4) is 0 Å². The normalized spacial score (nSPS) is 9.62. The molecule has 1 rings (SSSR count). The van der Waals surface area contributed by atoms with Gasteiger partial charge in [-0.2, -0.15) is 0 Å². The van der Waals surface area contributed by atoms with Gasteiger partial charge in [-0.15, -0.1) is 0 Å². The predicted molar refractivity (Wildman–Crippen MR) is 53.7 cm³/mol. The first-order valence-corrected chi connectivity index (χ1v) is 4.38. The molecule has 1 aromatic carbocycles. The van der Waals surface area contributed by atoms with E-state index < -0.39 is 0 Å². The van der Waals surface area contributed by atoms with Gasteiger partial charge in [-0.3, -0.25) is 4.79 Å². The lowest BCUT2D eigenvalue weighted by atomic mass is 10.1. The molecule has 3 heteroatoms. The standard InChI is InChI=1S/C10H14N2O/c1-2-7-12-9-6-4-3-5-8(9)10(11)13/h3-6,12H,2,7H2,1H3,(H2,11,13). The molecule has 0 atom stereocenters. The first-order chi connectivity index (χ1) is 6.25. The Kier molecular flexibility index (Phi) is 3.31. The zero-order chi connectivity index (χ0) is 9.68. The molecular formula is C10H14N2O. The number of hydrogen-bond donors (Lipinski definition) is 2. The summed E-state index contributed by atoms with van der Waals surface area (Å²) in [7, 11) is 0. The Bertz CT molecular complexity index is 297. The van der Waals surface area contributed by atoms with Crippen molar-refractivity contribution >= 4 is 11.6 Å². The minimum Gasteiger partial charge on any atom is -0.384 e. The second kappa shape index (κ2) is 4.50. The van der Waals surface area contributed by atoms with Crippen molar-refractivity contribution in [3.05, 3.63) is 29.8 Å². The fraction of sp³-hybridized carbons (Fsp3) is 0.300. The highest BCUT2D eigenvalue weighted by atomic mass is 16.1. The van der Waals surface area contributed by atoms with Crippen LogP contribution >= 0.6 is 0 Å². The summed E-state index contributed by atoms with van der Waals surface area (Å²) in [5.74, 6) is -0.390. The van der Waals surface area contributed by atoms with Gasteiger partial charge in [0.1, 0.15) is 0 Å². The number of amides is 1. The van der Waals surface area contributed by atoms with Crippen molar-refractivity contribution in [1.29, 1.82) is 0 Å². The summed E-state index contributed by atoms with van der Waals surface area (Å²) >= 11 is 0. The average molecular weight is 178 g/mol. The van der Waals surface area contributed by atoms with Crippen molar-refractivity contribution in [2.75, 3.05) is 11.9 Å². The van der Waals surface area contributed by atoms with Gasteiger partial charge in [0.25, 0.3) is 5.91 Å². The van der Waals surface area contributed by atoms with Gasteiger partial charge in [-0.1, -0.05) is 19.1 Å². The Morgan fingerprint density at radius 2 is 2.15 bits per heavy atom. The Balaban J connectivity index is 2.84. The second-order valence-electron chi connectivity index (χ2n) is 2.84. The Labute approximate surface area is 77.9 Å². The minimum absolute atomic E-state index is 0.390. The highest BCUT2D eigenvalue weighted by Gasteiger charge is 2.04. The SMILES string of the molecule is CCCNc1ccccc1C(N)=O. The molecule has 1 aromatic rings. The summed E-state index contributed by atoms with van der Waals surface area (Å²) in [5.41, 5.74) is 6.58. The van der Waals surface area contributed by atoms with Crippen molar-refractivity contribution in [2.45, 2.75) is 13.3 Å². The monoisotopic (exact) mass is 178 g/mol. The third-order valence-electron chi connectivity index (χ3n) is 1.76. The summed E-state index contributed by atoms with van der Waals surface area (Å²) in [6.07, 6.45) is 1.02. The smallest absolute Gasteiger partial charge is 0.250 e. The highest BCUT2D eigenvalue weighted by Crippen LogP contribution is 2.13. The number of nitrogens with two attached hydrogens (primary N) is 1. The van der Waals surface area contributed by atoms with E-state index >= 15 is 0 Å². The maximum atomic E-state index is 11.0. The predicted octanol–water partition coefficient (Wildman–Crippen LogP) is 1.61. The van der Waals surface area contributed by atoms with E-state index in [2.05, 4.69) is 12.2 Å². The number of rotatable bonds is 4. The van der Waals surface area contributed by atoms with Gasteiger partial charge in [-0.05, 0) is 18.6 Å². The summed E-state index contributed by atoms with van der Waals surface area (Å²) in [6, 6.07) is 7.26. The van der Waals surface area contributed by atoms with E-state index in [1.807, 2.05) is 12.1 Å². The van der Waals surface area contributed by atoms with Gasteiger partial charge in [0, 0.05) is 12.2 Å². The molecule has 0 saturated carbocycles. The van der Waals surface area contributed by atoms with Crippen LogP contribution in [-0.4, -0.2) is 12.5 Å². The van der Waals surface area contributed by atoms with Crippen LogP contribution in [0.25, 0.3) is 0 Å². The van der Waals surface area contributed by atoms with Crippen LogP contribution in [0.1, 0.15) is 23.7 Å². The molecule has 3 N–H and O–H groups in total. The number of benzene rings is 1. The number of nitrogens with one attached hydrogen (secondary N) is 1. The molecule has 0 saturated heterocycles. The van der Waals surface area contributed by atoms with Gasteiger partial charge in [-0.25, -0.2) is 0 Å². The van der Waals surface area contributed by atoms with Crippen LogP contribution in [0.15, 0.2) is 24.3 Å². The zero-order valence-corrected chi connectivity index (χ0v) is 7.71. The topological polar surface area (TPSA) is 55.1 Å². The van der Waals surface area contributed by atoms with Gasteiger partial charge < -0.3 is 11.1 Å². The van der Waals surface area contributed by atoms with Gasteiger partial charge in [0.15, 0.2) is 0 Å². The number of hydrogen-bond acceptors (Lipinski definition) is 2. The van der Waals surface area contributed by atoms with Crippen LogP contribution in [0, 0.1) is 0 Å². The van der Waals surface area contributed by atoms with Crippen LogP contribution < -0.4 is 11.1 Å². The molecule has 0 fully saturated rings. The number of carbonyl (C=O) groups is 1. The molecule has 0 aliphatic heterocycles. The summed E-state index contributed by atoms with van der Waals surface area (Å²) in [4.78, 5) is 11.0. The average Bonchev–Trinajstić information content (AvgIpc) is 2.15. The molecule has 70 valence electrons. The van der Waals surface area contributed by atoms with Gasteiger partial charge in [0.05, 0.1) is 5.56 Å². The van der Waals surface area contributed by atoms with E-state index in [9.17, 15) is 4.79 Å². The lowest BCUT2D eigenvalue weighted by Gasteiger charge is -2.07. The summed E-state index contributed by atoms with van der Waals surface area (Å²) in [6.45, 7) is 2.92. The molecule has 13 heavy (non-hydrogen) atoms. The maximum absolute atomic E-state index is 11.0. The van der Waals surface area contributed by atoms with Crippen molar-refractivity contribution in [1.82, 2.24) is 0 Å². The molecule has 1 amide bonds. The molecule has 0 bridgehead atoms. The zero-order valence-electron chi connectivity index (χ0n) is 7.71. The van der Waals surface area contributed by atoms with Crippen LogP contribution in [0.2, 0.25) is 0 Å². The third kappa shape index (κ3) is 2.47. The number of carbonyl (C=O) groups excluding carboxylic acids is 1. The quantitative estimate of drug-likeness (QED) is 0.735. The van der Waals surface area contributed by atoms with E-state index in [1.165, 1.54) is 0 Å². The van der Waals surface area contributed by atoms with E-state index in [4.69, 9.17) is 5.73 Å². The summed E-state index contributed by atoms with van der Waals surface area (Å²) in [5, 5.41) is 3.14. The molecular weight excluding hydrogens is 164 g/mol.